The van der Waals surface area contributed by atoms with Gasteiger partial charge in [0.15, 0.2) is 0 Å². The average molecular weight is 335 g/mol. The molecule has 2 aliphatic carbocycles. The van der Waals surface area contributed by atoms with Crippen LogP contribution in [0.3, 0.4) is 0 Å². The minimum Gasteiger partial charge on any atom is -0.481 e. The number of carboxylic acids is 1. The summed E-state index contributed by atoms with van der Waals surface area (Å²) in [5.41, 5.74) is 5.74. The third-order valence-corrected chi connectivity index (χ3v) is 5.48. The molecule has 1 fully saturated rings. The Morgan fingerprint density at radius 2 is 1.64 bits per heavy atom. The summed E-state index contributed by atoms with van der Waals surface area (Å²) >= 11 is 0. The second-order valence-electron chi connectivity index (χ2n) is 7.03. The molecule has 2 aromatic rings. The normalized spacial score (nSPS) is 21.3. The lowest BCUT2D eigenvalue weighted by Gasteiger charge is -2.27. The van der Waals surface area contributed by atoms with Crippen LogP contribution in [-0.2, 0) is 16.0 Å². The molecule has 0 aromatic heterocycles. The summed E-state index contributed by atoms with van der Waals surface area (Å²) in [6.07, 6.45) is 3.92. The monoisotopic (exact) mass is 335 g/mol. The maximum atomic E-state index is 12.6. The molecular formula is C21H21NO3. The molecule has 0 heterocycles. The number of carboxylic acid groups (broad SMARTS) is 1. The van der Waals surface area contributed by atoms with Crippen molar-refractivity contribution in [1.29, 1.82) is 0 Å². The van der Waals surface area contributed by atoms with Crippen molar-refractivity contribution in [1.82, 2.24) is 0 Å². The molecule has 0 aliphatic heterocycles. The summed E-state index contributed by atoms with van der Waals surface area (Å²) in [6.45, 7) is 0. The topological polar surface area (TPSA) is 66.4 Å². The molecule has 2 aliphatic rings. The van der Waals surface area contributed by atoms with Gasteiger partial charge in [-0.3, -0.25) is 9.59 Å². The van der Waals surface area contributed by atoms with E-state index in [0.717, 1.165) is 24.9 Å². The van der Waals surface area contributed by atoms with Gasteiger partial charge in [0.1, 0.15) is 0 Å². The maximum Gasteiger partial charge on any atom is 0.307 e. The highest BCUT2D eigenvalue weighted by atomic mass is 16.4. The molecule has 4 nitrogen and oxygen atoms in total. The highest BCUT2D eigenvalue weighted by Crippen LogP contribution is 2.38. The van der Waals surface area contributed by atoms with Crippen LogP contribution in [-0.4, -0.2) is 17.0 Å². The van der Waals surface area contributed by atoms with E-state index < -0.39 is 17.8 Å². The van der Waals surface area contributed by atoms with Crippen molar-refractivity contribution < 1.29 is 14.7 Å². The molecule has 25 heavy (non-hydrogen) atoms. The van der Waals surface area contributed by atoms with E-state index in [-0.39, 0.29) is 5.91 Å². The van der Waals surface area contributed by atoms with Crippen molar-refractivity contribution >= 4 is 17.6 Å². The molecule has 2 N–H and O–H groups in total. The molecule has 1 saturated carbocycles. The number of nitrogens with one attached hydrogen (secondary N) is 1. The SMILES string of the molecule is O=C(O)[C@@H]1CCCC[C@H]1C(=O)Nc1ccc2c(c1)Cc1ccccc1-2. The molecule has 0 radical (unpaired) electrons. The number of aliphatic carboxylic acids is 1. The Morgan fingerprint density at radius 1 is 0.920 bits per heavy atom. The van der Waals surface area contributed by atoms with Crippen molar-refractivity contribution in [2.24, 2.45) is 11.8 Å². The van der Waals surface area contributed by atoms with E-state index in [2.05, 4.69) is 17.4 Å². The van der Waals surface area contributed by atoms with Gasteiger partial charge < -0.3 is 10.4 Å². The average Bonchev–Trinajstić information content (AvgIpc) is 2.99. The quantitative estimate of drug-likeness (QED) is 0.758. The Hall–Kier alpha value is -2.62. The fourth-order valence-corrected chi connectivity index (χ4v) is 4.20. The van der Waals surface area contributed by atoms with Crippen molar-refractivity contribution in [3.8, 4) is 11.1 Å². The summed E-state index contributed by atoms with van der Waals surface area (Å²) in [5.74, 6) is -2.02. The maximum absolute atomic E-state index is 12.6. The third-order valence-electron chi connectivity index (χ3n) is 5.48. The minimum atomic E-state index is -0.857. The largest absolute Gasteiger partial charge is 0.481 e. The standard InChI is InChI=1S/C21H21NO3/c23-20(18-7-3-4-8-19(18)21(24)25)22-15-9-10-17-14(12-15)11-13-5-1-2-6-16(13)17/h1-2,5-6,9-10,12,18-19H,3-4,7-8,11H2,(H,22,23)(H,24,25)/t18-,19-/m1/s1. The molecule has 0 spiro atoms. The fourth-order valence-electron chi connectivity index (χ4n) is 4.20. The fraction of sp³-hybridized carbons (Fsp3) is 0.333. The lowest BCUT2D eigenvalue weighted by Crippen LogP contribution is -2.36. The molecule has 0 saturated heterocycles. The Bertz CT molecular complexity index is 843. The molecule has 4 rings (SSSR count). The lowest BCUT2D eigenvalue weighted by atomic mass is 9.78. The minimum absolute atomic E-state index is 0.164. The first-order valence-corrected chi connectivity index (χ1v) is 8.88. The van der Waals surface area contributed by atoms with Crippen molar-refractivity contribution in [2.75, 3.05) is 5.32 Å². The Balaban J connectivity index is 1.53. The van der Waals surface area contributed by atoms with Gasteiger partial charge in [0.05, 0.1) is 11.8 Å². The van der Waals surface area contributed by atoms with E-state index in [9.17, 15) is 14.7 Å². The predicted molar refractivity (Wildman–Crippen MR) is 96.4 cm³/mol. The van der Waals surface area contributed by atoms with Crippen LogP contribution in [0.5, 0.6) is 0 Å². The van der Waals surface area contributed by atoms with E-state index >= 15 is 0 Å². The second-order valence-corrected chi connectivity index (χ2v) is 7.03. The van der Waals surface area contributed by atoms with Crippen LogP contribution in [0.25, 0.3) is 11.1 Å². The van der Waals surface area contributed by atoms with Crippen molar-refractivity contribution in [3.05, 3.63) is 53.6 Å². The summed E-state index contributed by atoms with van der Waals surface area (Å²) in [7, 11) is 0. The van der Waals surface area contributed by atoms with Gasteiger partial charge in [-0.15, -0.1) is 0 Å². The zero-order chi connectivity index (χ0) is 17.4. The van der Waals surface area contributed by atoms with E-state index in [4.69, 9.17) is 0 Å². The highest BCUT2D eigenvalue weighted by molar-refractivity contribution is 5.95. The van der Waals surface area contributed by atoms with Crippen LogP contribution in [0.4, 0.5) is 5.69 Å². The number of carbonyl (C=O) groups is 2. The summed E-state index contributed by atoms with van der Waals surface area (Å²) in [6, 6.07) is 14.3. The van der Waals surface area contributed by atoms with E-state index in [1.54, 1.807) is 0 Å². The number of carbonyl (C=O) groups excluding carboxylic acids is 1. The molecule has 2 aromatic carbocycles. The molecular weight excluding hydrogens is 314 g/mol. The molecule has 128 valence electrons. The number of benzene rings is 2. The number of hydrogen-bond acceptors (Lipinski definition) is 2. The number of fused-ring (bicyclic) bond motifs is 3. The third kappa shape index (κ3) is 2.93. The zero-order valence-corrected chi connectivity index (χ0v) is 14.0. The summed E-state index contributed by atoms with van der Waals surface area (Å²) < 4.78 is 0. The number of hydrogen-bond donors (Lipinski definition) is 2. The first-order valence-electron chi connectivity index (χ1n) is 8.88. The molecule has 2 atom stereocenters. The van der Waals surface area contributed by atoms with Gasteiger partial charge in [-0.05, 0) is 53.6 Å². The van der Waals surface area contributed by atoms with E-state index in [1.807, 2.05) is 30.3 Å². The molecule has 0 unspecified atom stereocenters. The number of rotatable bonds is 3. The number of amides is 1. The Kier molecular flexibility index (Phi) is 4.04. The predicted octanol–water partition coefficient (Wildman–Crippen LogP) is 4.09. The lowest BCUT2D eigenvalue weighted by molar-refractivity contribution is -0.147. The molecule has 4 heteroatoms. The van der Waals surface area contributed by atoms with Crippen LogP contribution in [0, 0.1) is 11.8 Å². The van der Waals surface area contributed by atoms with Gasteiger partial charge in [0.2, 0.25) is 5.91 Å². The summed E-state index contributed by atoms with van der Waals surface area (Å²) in [4.78, 5) is 24.0. The molecule has 1 amide bonds. The van der Waals surface area contributed by atoms with E-state index in [1.165, 1.54) is 22.3 Å². The van der Waals surface area contributed by atoms with Gasteiger partial charge >= 0.3 is 5.97 Å². The second kappa shape index (κ2) is 6.36. The highest BCUT2D eigenvalue weighted by Gasteiger charge is 2.35. The van der Waals surface area contributed by atoms with E-state index in [0.29, 0.717) is 12.8 Å². The first kappa shape index (κ1) is 15.9. The van der Waals surface area contributed by atoms with Gasteiger partial charge in [-0.25, -0.2) is 0 Å². The summed E-state index contributed by atoms with van der Waals surface area (Å²) in [5, 5.41) is 12.3. The zero-order valence-electron chi connectivity index (χ0n) is 14.0. The molecule has 0 bridgehead atoms. The Morgan fingerprint density at radius 3 is 2.44 bits per heavy atom. The van der Waals surface area contributed by atoms with Crippen LogP contribution < -0.4 is 5.32 Å². The Labute approximate surface area is 146 Å². The first-order chi connectivity index (χ1) is 12.1. The number of anilines is 1. The smallest absolute Gasteiger partial charge is 0.307 e. The van der Waals surface area contributed by atoms with Crippen LogP contribution >= 0.6 is 0 Å². The van der Waals surface area contributed by atoms with Crippen molar-refractivity contribution in [3.63, 3.8) is 0 Å². The van der Waals surface area contributed by atoms with Crippen LogP contribution in [0.1, 0.15) is 36.8 Å². The van der Waals surface area contributed by atoms with Gasteiger partial charge in [0, 0.05) is 5.69 Å². The van der Waals surface area contributed by atoms with Gasteiger partial charge in [-0.1, -0.05) is 43.2 Å². The van der Waals surface area contributed by atoms with Crippen LogP contribution in [0.15, 0.2) is 42.5 Å². The van der Waals surface area contributed by atoms with Crippen LogP contribution in [0.2, 0.25) is 0 Å². The van der Waals surface area contributed by atoms with Gasteiger partial charge in [0.25, 0.3) is 0 Å². The van der Waals surface area contributed by atoms with Gasteiger partial charge in [-0.2, -0.15) is 0 Å². The van der Waals surface area contributed by atoms with Crippen molar-refractivity contribution in [2.45, 2.75) is 32.1 Å².